The van der Waals surface area contributed by atoms with Gasteiger partial charge in [0.1, 0.15) is 12.3 Å². The van der Waals surface area contributed by atoms with Crippen molar-refractivity contribution >= 4 is 41.0 Å². The van der Waals surface area contributed by atoms with E-state index in [1.54, 1.807) is 66.7 Å². The number of carbonyl (C=O) groups is 5. The van der Waals surface area contributed by atoms with Crippen molar-refractivity contribution in [2.75, 3.05) is 30.5 Å². The van der Waals surface area contributed by atoms with Gasteiger partial charge >= 0.3 is 5.97 Å². The van der Waals surface area contributed by atoms with E-state index in [2.05, 4.69) is 5.32 Å². The van der Waals surface area contributed by atoms with Crippen LogP contribution in [0.5, 0.6) is 5.75 Å². The first-order valence-corrected chi connectivity index (χ1v) is 11.4. The molecule has 0 spiro atoms. The van der Waals surface area contributed by atoms with Crippen molar-refractivity contribution in [3.05, 3.63) is 89.0 Å². The number of hydrogen-bond donors (Lipinski definition) is 1. The zero-order valence-corrected chi connectivity index (χ0v) is 19.7. The number of nitrogens with one attached hydrogen (secondary N) is 1. The summed E-state index contributed by atoms with van der Waals surface area (Å²) in [4.78, 5) is 64.9. The zero-order chi connectivity index (χ0) is 26.1. The minimum atomic E-state index is -0.574. The molecule has 3 aromatic carbocycles. The third-order valence-electron chi connectivity index (χ3n) is 6.05. The number of amides is 4. The summed E-state index contributed by atoms with van der Waals surface area (Å²) in [5.74, 6) is -1.97. The molecular formula is C27H21N3O7. The third-order valence-corrected chi connectivity index (χ3v) is 6.05. The van der Waals surface area contributed by atoms with E-state index in [9.17, 15) is 24.0 Å². The van der Waals surface area contributed by atoms with Crippen molar-refractivity contribution in [3.63, 3.8) is 0 Å². The van der Waals surface area contributed by atoms with Crippen molar-refractivity contribution in [2.24, 2.45) is 0 Å². The Hall–Kier alpha value is -4.99. The van der Waals surface area contributed by atoms with Crippen LogP contribution in [0.3, 0.4) is 0 Å². The van der Waals surface area contributed by atoms with E-state index in [4.69, 9.17) is 9.47 Å². The van der Waals surface area contributed by atoms with Crippen molar-refractivity contribution < 1.29 is 33.4 Å². The molecule has 186 valence electrons. The molecule has 0 saturated carbocycles. The predicted octanol–water partition coefficient (Wildman–Crippen LogP) is 2.63. The van der Waals surface area contributed by atoms with Crippen molar-refractivity contribution in [1.82, 2.24) is 4.90 Å². The largest absolute Gasteiger partial charge is 0.482 e. The van der Waals surface area contributed by atoms with Gasteiger partial charge in [-0.3, -0.25) is 24.1 Å². The van der Waals surface area contributed by atoms with Crippen LogP contribution in [0.15, 0.2) is 66.7 Å². The van der Waals surface area contributed by atoms with Crippen molar-refractivity contribution in [3.8, 4) is 5.75 Å². The summed E-state index contributed by atoms with van der Waals surface area (Å²) >= 11 is 0. The lowest BCUT2D eigenvalue weighted by Gasteiger charge is -2.30. The Labute approximate surface area is 211 Å². The fourth-order valence-corrected chi connectivity index (χ4v) is 4.28. The van der Waals surface area contributed by atoms with Gasteiger partial charge in [-0.15, -0.1) is 0 Å². The van der Waals surface area contributed by atoms with Crippen LogP contribution in [-0.2, 0) is 20.9 Å². The van der Waals surface area contributed by atoms with E-state index in [-0.39, 0.29) is 30.2 Å². The van der Waals surface area contributed by atoms with E-state index in [0.29, 0.717) is 28.3 Å². The van der Waals surface area contributed by atoms with Gasteiger partial charge in [0.2, 0.25) is 5.91 Å². The average Bonchev–Trinajstić information content (AvgIpc) is 3.15. The molecule has 3 aromatic rings. The second-order valence-corrected chi connectivity index (χ2v) is 8.43. The van der Waals surface area contributed by atoms with Crippen LogP contribution >= 0.6 is 0 Å². The highest BCUT2D eigenvalue weighted by Gasteiger charge is 2.36. The number of methoxy groups -OCH3 is 1. The molecule has 2 heterocycles. The number of rotatable bonds is 6. The molecule has 4 amide bonds. The molecule has 0 radical (unpaired) electrons. The molecule has 0 aliphatic carbocycles. The van der Waals surface area contributed by atoms with E-state index < -0.39 is 30.2 Å². The van der Waals surface area contributed by atoms with Crippen LogP contribution in [0.1, 0.15) is 36.6 Å². The molecule has 0 saturated heterocycles. The summed E-state index contributed by atoms with van der Waals surface area (Å²) in [6.07, 6.45) is 0. The molecule has 0 atom stereocenters. The Bertz CT molecular complexity index is 1430. The normalized spacial score (nSPS) is 14.1. The van der Waals surface area contributed by atoms with Gasteiger partial charge in [-0.2, -0.15) is 0 Å². The molecule has 10 heteroatoms. The number of esters is 1. The van der Waals surface area contributed by atoms with Gasteiger partial charge < -0.3 is 19.7 Å². The summed E-state index contributed by atoms with van der Waals surface area (Å²) in [5, 5.41) is 2.68. The molecule has 1 N–H and O–H groups in total. The monoisotopic (exact) mass is 499 g/mol. The predicted molar refractivity (Wildman–Crippen MR) is 131 cm³/mol. The van der Waals surface area contributed by atoms with Crippen LogP contribution in [0.4, 0.5) is 11.4 Å². The van der Waals surface area contributed by atoms with E-state index in [0.717, 1.165) is 4.90 Å². The molecule has 10 nitrogen and oxygen atoms in total. The first-order valence-electron chi connectivity index (χ1n) is 11.4. The maximum atomic E-state index is 12.7. The zero-order valence-electron chi connectivity index (χ0n) is 19.7. The first kappa shape index (κ1) is 23.7. The van der Waals surface area contributed by atoms with Crippen molar-refractivity contribution in [1.29, 1.82) is 0 Å². The van der Waals surface area contributed by atoms with Crippen LogP contribution in [-0.4, -0.2) is 54.8 Å². The number of imide groups is 1. The van der Waals surface area contributed by atoms with E-state index in [1.807, 2.05) is 0 Å². The fraction of sp³-hybridized carbons (Fsp3) is 0.148. The minimum absolute atomic E-state index is 0.158. The highest BCUT2D eigenvalue weighted by molar-refractivity contribution is 6.22. The lowest BCUT2D eigenvalue weighted by atomic mass is 10.1. The van der Waals surface area contributed by atoms with Crippen LogP contribution < -0.4 is 15.0 Å². The van der Waals surface area contributed by atoms with Gasteiger partial charge in [-0.1, -0.05) is 24.3 Å². The van der Waals surface area contributed by atoms with Gasteiger partial charge in [0.25, 0.3) is 17.7 Å². The van der Waals surface area contributed by atoms with Gasteiger partial charge in [-0.05, 0) is 48.0 Å². The summed E-state index contributed by atoms with van der Waals surface area (Å²) in [5.41, 5.74) is 2.36. The summed E-state index contributed by atoms with van der Waals surface area (Å²) in [6, 6.07) is 17.9. The molecular weight excluding hydrogens is 478 g/mol. The molecule has 5 rings (SSSR count). The maximum Gasteiger partial charge on any atom is 0.337 e. The number of nitrogens with zero attached hydrogens (tertiary/aromatic N) is 2. The Morgan fingerprint density at radius 3 is 2.35 bits per heavy atom. The molecule has 0 bridgehead atoms. The second kappa shape index (κ2) is 9.57. The van der Waals surface area contributed by atoms with E-state index in [1.165, 1.54) is 12.0 Å². The molecule has 37 heavy (non-hydrogen) atoms. The summed E-state index contributed by atoms with van der Waals surface area (Å²) in [6.45, 7) is -0.454. The van der Waals surface area contributed by atoms with Gasteiger partial charge in [-0.25, -0.2) is 4.79 Å². The number of ether oxygens (including phenoxy) is 2. The minimum Gasteiger partial charge on any atom is -0.482 e. The number of hydrogen-bond acceptors (Lipinski definition) is 7. The Morgan fingerprint density at radius 1 is 0.919 bits per heavy atom. The molecule has 0 aromatic heterocycles. The molecule has 2 aliphatic heterocycles. The first-order chi connectivity index (χ1) is 17.9. The number of carbonyl (C=O) groups excluding carboxylic acids is 5. The average molecular weight is 499 g/mol. The lowest BCUT2D eigenvalue weighted by Crippen LogP contribution is -2.38. The van der Waals surface area contributed by atoms with Crippen LogP contribution in [0.2, 0.25) is 0 Å². The fourth-order valence-electron chi connectivity index (χ4n) is 4.28. The molecule has 0 unspecified atom stereocenters. The van der Waals surface area contributed by atoms with Gasteiger partial charge in [0, 0.05) is 5.69 Å². The quantitative estimate of drug-likeness (QED) is 0.409. The second-order valence-electron chi connectivity index (χ2n) is 8.43. The topological polar surface area (TPSA) is 122 Å². The number of anilines is 2. The molecule has 0 fully saturated rings. The van der Waals surface area contributed by atoms with Crippen LogP contribution in [0.25, 0.3) is 0 Å². The number of benzene rings is 3. The highest BCUT2D eigenvalue weighted by atomic mass is 16.5. The SMILES string of the molecule is COC(=O)c1cccc(CN2C(=O)COc3ccc(NC(=O)CN4C(=O)c5ccccc5C4=O)cc32)c1. The van der Waals surface area contributed by atoms with Gasteiger partial charge in [0.05, 0.1) is 36.0 Å². The van der Waals surface area contributed by atoms with E-state index >= 15 is 0 Å². The Morgan fingerprint density at radius 2 is 1.65 bits per heavy atom. The summed E-state index contributed by atoms with van der Waals surface area (Å²) in [7, 11) is 1.29. The highest BCUT2D eigenvalue weighted by Crippen LogP contribution is 2.35. The molecule has 2 aliphatic rings. The Kier molecular flexibility index (Phi) is 6.14. The Balaban J connectivity index is 1.33. The number of fused-ring (bicyclic) bond motifs is 2. The lowest BCUT2D eigenvalue weighted by molar-refractivity contribution is -0.121. The van der Waals surface area contributed by atoms with Crippen LogP contribution in [0, 0.1) is 0 Å². The van der Waals surface area contributed by atoms with Crippen molar-refractivity contribution in [2.45, 2.75) is 6.54 Å². The summed E-state index contributed by atoms with van der Waals surface area (Å²) < 4.78 is 10.3. The van der Waals surface area contributed by atoms with Gasteiger partial charge in [0.15, 0.2) is 6.61 Å². The smallest absolute Gasteiger partial charge is 0.337 e. The maximum absolute atomic E-state index is 12.7. The third kappa shape index (κ3) is 4.52. The standard InChI is InChI=1S/C27H21N3O7/c1-36-27(35)17-6-4-5-16(11-17)13-29-21-12-18(9-10-22(21)37-15-24(29)32)28-23(31)14-30-25(33)19-7-2-3-8-20(19)26(30)34/h2-12H,13-15H2,1H3,(H,28,31).